The van der Waals surface area contributed by atoms with Gasteiger partial charge in [-0.25, -0.2) is 4.52 Å². The molecule has 1 atom stereocenters. The first-order valence-electron chi connectivity index (χ1n) is 9.06. The van der Waals surface area contributed by atoms with E-state index >= 15 is 0 Å². The average Bonchev–Trinajstić information content (AvgIpc) is 3.29. The van der Waals surface area contributed by atoms with Crippen LogP contribution in [0, 0.1) is 6.92 Å². The van der Waals surface area contributed by atoms with E-state index in [1.54, 1.807) is 42.8 Å². The van der Waals surface area contributed by atoms with Gasteiger partial charge in [-0.15, -0.1) is 16.4 Å². The predicted octanol–water partition coefficient (Wildman–Crippen LogP) is 4.18. The molecule has 0 saturated carbocycles. The maximum Gasteiger partial charge on any atom is 0.267 e. The van der Waals surface area contributed by atoms with Crippen molar-refractivity contribution in [3.8, 4) is 22.8 Å². The Kier molecular flexibility index (Phi) is 5.18. The molecule has 4 aromatic rings. The molecule has 7 nitrogen and oxygen atoms in total. The lowest BCUT2D eigenvalue weighted by atomic mass is 10.1. The number of nitrogens with zero attached hydrogens (tertiary/aromatic N) is 3. The molecule has 1 N–H and O–H groups in total. The zero-order valence-corrected chi connectivity index (χ0v) is 17.1. The van der Waals surface area contributed by atoms with Crippen LogP contribution in [0.15, 0.2) is 53.9 Å². The second-order valence-corrected chi connectivity index (χ2v) is 7.38. The fraction of sp³-hybridized carbons (Fsp3) is 0.190. The summed E-state index contributed by atoms with van der Waals surface area (Å²) < 4.78 is 12.5. The monoisotopic (exact) mass is 408 g/mol. The average molecular weight is 408 g/mol. The fourth-order valence-electron chi connectivity index (χ4n) is 2.78. The van der Waals surface area contributed by atoms with Gasteiger partial charge in [0.1, 0.15) is 11.5 Å². The molecule has 0 fully saturated rings. The molecule has 0 aliphatic carbocycles. The van der Waals surface area contributed by atoms with Crippen molar-refractivity contribution in [3.63, 3.8) is 0 Å². The van der Waals surface area contributed by atoms with Gasteiger partial charge in [-0.1, -0.05) is 29.8 Å². The van der Waals surface area contributed by atoms with Gasteiger partial charge in [0, 0.05) is 10.9 Å². The second kappa shape index (κ2) is 7.92. The lowest BCUT2D eigenvalue weighted by Crippen LogP contribution is -2.30. The van der Waals surface area contributed by atoms with Gasteiger partial charge in [-0.3, -0.25) is 10.1 Å². The summed E-state index contributed by atoms with van der Waals surface area (Å²) in [6.45, 7) is 3.72. The Bertz CT molecular complexity index is 1130. The van der Waals surface area contributed by atoms with Crippen molar-refractivity contribution < 1.29 is 14.3 Å². The summed E-state index contributed by atoms with van der Waals surface area (Å²) in [5, 5.41) is 9.16. The summed E-state index contributed by atoms with van der Waals surface area (Å²) in [7, 11) is 1.60. The number of benzene rings is 2. The van der Waals surface area contributed by atoms with Crippen molar-refractivity contribution >= 4 is 28.2 Å². The van der Waals surface area contributed by atoms with Gasteiger partial charge < -0.3 is 9.47 Å². The van der Waals surface area contributed by atoms with Crippen molar-refractivity contribution in [1.82, 2.24) is 14.6 Å². The molecule has 0 radical (unpaired) electrons. The van der Waals surface area contributed by atoms with Crippen LogP contribution in [0.25, 0.3) is 16.2 Å². The minimum Gasteiger partial charge on any atom is -0.497 e. The maximum absolute atomic E-state index is 12.5. The number of aryl methyl sites for hydroxylation is 1. The molecule has 0 aliphatic rings. The number of nitrogens with one attached hydrogen (secondary N) is 1. The Morgan fingerprint density at radius 2 is 1.79 bits per heavy atom. The van der Waals surface area contributed by atoms with E-state index in [2.05, 4.69) is 27.5 Å². The molecule has 2 aromatic carbocycles. The number of carbonyl (C=O) groups is 1. The smallest absolute Gasteiger partial charge is 0.267 e. The van der Waals surface area contributed by atoms with Gasteiger partial charge in [-0.05, 0) is 38.1 Å². The lowest BCUT2D eigenvalue weighted by Gasteiger charge is -2.13. The highest BCUT2D eigenvalue weighted by Crippen LogP contribution is 2.26. The van der Waals surface area contributed by atoms with Gasteiger partial charge >= 0.3 is 0 Å². The first kappa shape index (κ1) is 18.9. The van der Waals surface area contributed by atoms with Gasteiger partial charge in [0.2, 0.25) is 4.96 Å². The summed E-state index contributed by atoms with van der Waals surface area (Å²) in [5.74, 6) is 1.23. The summed E-state index contributed by atoms with van der Waals surface area (Å²) in [4.78, 5) is 17.6. The van der Waals surface area contributed by atoms with Crippen molar-refractivity contribution in [3.05, 3.63) is 59.5 Å². The van der Waals surface area contributed by atoms with E-state index in [1.807, 2.05) is 24.4 Å². The van der Waals surface area contributed by atoms with Crippen molar-refractivity contribution in [2.45, 2.75) is 20.0 Å². The Hall–Kier alpha value is -3.39. The number of amides is 1. The first-order chi connectivity index (χ1) is 14.0. The van der Waals surface area contributed by atoms with Gasteiger partial charge in [-0.2, -0.15) is 4.98 Å². The highest BCUT2D eigenvalue weighted by atomic mass is 32.1. The molecule has 0 spiro atoms. The van der Waals surface area contributed by atoms with E-state index < -0.39 is 6.10 Å². The number of anilines is 1. The number of hydrogen-bond donors (Lipinski definition) is 1. The predicted molar refractivity (Wildman–Crippen MR) is 113 cm³/mol. The van der Waals surface area contributed by atoms with E-state index in [9.17, 15) is 4.79 Å². The third kappa shape index (κ3) is 4.07. The Morgan fingerprint density at radius 3 is 2.48 bits per heavy atom. The zero-order valence-electron chi connectivity index (χ0n) is 16.2. The SMILES string of the molecule is COc1ccc(OC(C)C(=O)Nc2nc3scc(-c4ccc(C)cc4)n3n2)cc1. The van der Waals surface area contributed by atoms with Gasteiger partial charge in [0.05, 0.1) is 12.8 Å². The Balaban J connectivity index is 1.47. The molecular formula is C21H20N4O3S. The minimum absolute atomic E-state index is 0.250. The van der Waals surface area contributed by atoms with Crippen LogP contribution >= 0.6 is 11.3 Å². The normalized spacial score (nSPS) is 12.0. The summed E-state index contributed by atoms with van der Waals surface area (Å²) in [6, 6.07) is 15.2. The number of thiazole rings is 1. The highest BCUT2D eigenvalue weighted by molar-refractivity contribution is 7.15. The van der Waals surface area contributed by atoms with Gasteiger partial charge in [0.25, 0.3) is 11.9 Å². The lowest BCUT2D eigenvalue weighted by molar-refractivity contribution is -0.122. The van der Waals surface area contributed by atoms with E-state index in [0.717, 1.165) is 17.0 Å². The molecule has 0 aliphatic heterocycles. The number of ether oxygens (including phenoxy) is 2. The Morgan fingerprint density at radius 1 is 1.10 bits per heavy atom. The summed E-state index contributed by atoms with van der Waals surface area (Å²) >= 11 is 1.47. The van der Waals surface area contributed by atoms with E-state index in [-0.39, 0.29) is 11.9 Å². The maximum atomic E-state index is 12.5. The van der Waals surface area contributed by atoms with Crippen LogP contribution in [0.1, 0.15) is 12.5 Å². The van der Waals surface area contributed by atoms with Crippen molar-refractivity contribution in [2.75, 3.05) is 12.4 Å². The third-order valence-corrected chi connectivity index (χ3v) is 5.22. The molecule has 8 heteroatoms. The molecular weight excluding hydrogens is 388 g/mol. The van der Waals surface area contributed by atoms with Gasteiger partial charge in [0.15, 0.2) is 6.10 Å². The topological polar surface area (TPSA) is 77.8 Å². The van der Waals surface area contributed by atoms with Crippen molar-refractivity contribution in [1.29, 1.82) is 0 Å². The standard InChI is InChI=1S/C21H20N4O3S/c1-13-4-6-15(7-5-13)18-12-29-21-23-20(24-25(18)21)22-19(26)14(2)28-17-10-8-16(27-3)9-11-17/h4-12,14H,1-3H3,(H,22,24,26). The second-order valence-electron chi connectivity index (χ2n) is 6.54. The quantitative estimate of drug-likeness (QED) is 0.518. The minimum atomic E-state index is -0.707. The molecule has 29 heavy (non-hydrogen) atoms. The van der Waals surface area contributed by atoms with Crippen LogP contribution in [-0.2, 0) is 4.79 Å². The molecule has 2 heterocycles. The largest absolute Gasteiger partial charge is 0.497 e. The number of hydrogen-bond acceptors (Lipinski definition) is 6. The molecule has 4 rings (SSSR count). The van der Waals surface area contributed by atoms with E-state index in [0.29, 0.717) is 10.7 Å². The Labute approximate surface area is 171 Å². The van der Waals surface area contributed by atoms with Crippen LogP contribution < -0.4 is 14.8 Å². The molecule has 0 bridgehead atoms. The number of rotatable bonds is 6. The number of carbonyl (C=O) groups excluding carboxylic acids is 1. The third-order valence-electron chi connectivity index (χ3n) is 4.41. The zero-order chi connectivity index (χ0) is 20.4. The van der Waals surface area contributed by atoms with E-state index in [4.69, 9.17) is 9.47 Å². The van der Waals surface area contributed by atoms with Crippen LogP contribution in [0.4, 0.5) is 5.95 Å². The van der Waals surface area contributed by atoms with Crippen LogP contribution in [0.3, 0.4) is 0 Å². The fourth-order valence-corrected chi connectivity index (χ4v) is 3.61. The highest BCUT2D eigenvalue weighted by Gasteiger charge is 2.18. The summed E-state index contributed by atoms with van der Waals surface area (Å²) in [5.41, 5.74) is 3.17. The van der Waals surface area contributed by atoms with Crippen molar-refractivity contribution in [2.24, 2.45) is 0 Å². The molecule has 1 unspecified atom stereocenters. The van der Waals surface area contributed by atoms with Crippen LogP contribution in [0.5, 0.6) is 11.5 Å². The molecule has 148 valence electrons. The summed E-state index contributed by atoms with van der Waals surface area (Å²) in [6.07, 6.45) is -0.707. The van der Waals surface area contributed by atoms with Crippen LogP contribution in [0.2, 0.25) is 0 Å². The van der Waals surface area contributed by atoms with E-state index in [1.165, 1.54) is 16.9 Å². The molecule has 0 saturated heterocycles. The molecule has 2 aromatic heterocycles. The van der Waals surface area contributed by atoms with Crippen LogP contribution in [-0.4, -0.2) is 33.7 Å². The number of fused-ring (bicyclic) bond motifs is 1. The number of methoxy groups -OCH3 is 1. The molecule has 1 amide bonds. The number of aromatic nitrogens is 3. The first-order valence-corrected chi connectivity index (χ1v) is 9.94.